The van der Waals surface area contributed by atoms with Crippen LogP contribution >= 0.6 is 0 Å². The fourth-order valence-electron chi connectivity index (χ4n) is 1.63. The molecule has 0 rings (SSSR count). The summed E-state index contributed by atoms with van der Waals surface area (Å²) >= 11 is 0. The average molecular weight is 256 g/mol. The molecule has 0 spiro atoms. The first-order valence-electron chi connectivity index (χ1n) is 6.81. The topological polar surface area (TPSA) is 35.5 Å². The van der Waals surface area contributed by atoms with Gasteiger partial charge in [0.15, 0.2) is 0 Å². The lowest BCUT2D eigenvalue weighted by molar-refractivity contribution is -0.140. The first kappa shape index (κ1) is 17.2. The van der Waals surface area contributed by atoms with Crippen LogP contribution in [0.2, 0.25) is 0 Å². The van der Waals surface area contributed by atoms with Gasteiger partial charge in [-0.1, -0.05) is 33.3 Å². The Labute approximate surface area is 112 Å². The summed E-state index contributed by atoms with van der Waals surface area (Å²) in [6.45, 7) is 13.7. The second-order valence-corrected chi connectivity index (χ2v) is 5.49. The van der Waals surface area contributed by atoms with Gasteiger partial charge < -0.3 is 9.47 Å². The zero-order chi connectivity index (χ0) is 14.1. The fourth-order valence-corrected chi connectivity index (χ4v) is 1.63. The van der Waals surface area contributed by atoms with Gasteiger partial charge in [-0.05, 0) is 32.1 Å². The van der Waals surface area contributed by atoms with Gasteiger partial charge in [0, 0.05) is 6.61 Å². The Bertz CT molecular complexity index is 277. The van der Waals surface area contributed by atoms with Gasteiger partial charge in [-0.15, -0.1) is 0 Å². The maximum absolute atomic E-state index is 12.0. The average Bonchev–Trinajstić information content (AvgIpc) is 2.25. The molecule has 0 aromatic rings. The molecule has 0 aliphatic carbocycles. The number of carbonyl (C=O) groups is 1. The smallest absolute Gasteiger partial charge is 0.336 e. The van der Waals surface area contributed by atoms with E-state index in [9.17, 15) is 4.79 Å². The molecule has 106 valence electrons. The molecule has 0 amide bonds. The Balaban J connectivity index is 4.69. The second-order valence-electron chi connectivity index (χ2n) is 5.49. The van der Waals surface area contributed by atoms with E-state index in [1.54, 1.807) is 0 Å². The van der Waals surface area contributed by atoms with E-state index in [4.69, 9.17) is 9.47 Å². The molecule has 0 unspecified atom stereocenters. The summed E-state index contributed by atoms with van der Waals surface area (Å²) < 4.78 is 10.7. The summed E-state index contributed by atoms with van der Waals surface area (Å²) in [4.78, 5) is 12.0. The molecule has 0 aromatic heterocycles. The Morgan fingerprint density at radius 3 is 2.17 bits per heavy atom. The molecule has 0 fully saturated rings. The zero-order valence-electron chi connectivity index (χ0n) is 12.7. The summed E-state index contributed by atoms with van der Waals surface area (Å²) in [5.41, 5.74) is 1.76. The standard InChI is InChI=1S/C15H28O3/c1-7-17-10-14(13(6)8-11(2)3)15(16)18-9-12(4)5/h11-12H,7-10H2,1-6H3. The molecule has 0 atom stereocenters. The Morgan fingerprint density at radius 2 is 1.72 bits per heavy atom. The number of esters is 1. The minimum atomic E-state index is -0.227. The first-order chi connectivity index (χ1) is 8.38. The molecule has 18 heavy (non-hydrogen) atoms. The summed E-state index contributed by atoms with van der Waals surface area (Å²) in [6, 6.07) is 0. The van der Waals surface area contributed by atoms with Crippen LogP contribution in [-0.2, 0) is 14.3 Å². The summed E-state index contributed by atoms with van der Waals surface area (Å²) in [5.74, 6) is 0.655. The van der Waals surface area contributed by atoms with Crippen LogP contribution in [0, 0.1) is 11.8 Å². The van der Waals surface area contributed by atoms with Crippen LogP contribution in [0.5, 0.6) is 0 Å². The molecule has 0 bridgehead atoms. The molecular weight excluding hydrogens is 228 g/mol. The normalized spacial score (nSPS) is 12.9. The highest BCUT2D eigenvalue weighted by Gasteiger charge is 2.16. The van der Waals surface area contributed by atoms with E-state index >= 15 is 0 Å². The number of hydrogen-bond acceptors (Lipinski definition) is 3. The van der Waals surface area contributed by atoms with E-state index in [-0.39, 0.29) is 5.97 Å². The molecule has 0 saturated carbocycles. The summed E-state index contributed by atoms with van der Waals surface area (Å²) in [6.07, 6.45) is 0.902. The van der Waals surface area contributed by atoms with E-state index in [1.807, 2.05) is 27.7 Å². The minimum absolute atomic E-state index is 0.227. The van der Waals surface area contributed by atoms with Crippen molar-refractivity contribution in [3.8, 4) is 0 Å². The van der Waals surface area contributed by atoms with Crippen LogP contribution in [0.4, 0.5) is 0 Å². The number of rotatable bonds is 8. The molecule has 0 radical (unpaired) electrons. The third-order valence-corrected chi connectivity index (χ3v) is 2.47. The SMILES string of the molecule is CCOCC(C(=O)OCC(C)C)=C(C)CC(C)C. The van der Waals surface area contributed by atoms with Gasteiger partial charge in [-0.2, -0.15) is 0 Å². The lowest BCUT2D eigenvalue weighted by Crippen LogP contribution is -2.17. The zero-order valence-corrected chi connectivity index (χ0v) is 12.7. The highest BCUT2D eigenvalue weighted by atomic mass is 16.5. The fraction of sp³-hybridized carbons (Fsp3) is 0.800. The van der Waals surface area contributed by atoms with Gasteiger partial charge in [0.2, 0.25) is 0 Å². The van der Waals surface area contributed by atoms with Crippen molar-refractivity contribution in [2.75, 3.05) is 19.8 Å². The molecule has 3 nitrogen and oxygen atoms in total. The molecule has 0 aliphatic rings. The first-order valence-corrected chi connectivity index (χ1v) is 6.81. The van der Waals surface area contributed by atoms with E-state index in [2.05, 4.69) is 13.8 Å². The maximum atomic E-state index is 12.0. The summed E-state index contributed by atoms with van der Waals surface area (Å²) in [7, 11) is 0. The molecule has 0 aromatic carbocycles. The Hall–Kier alpha value is -0.830. The number of hydrogen-bond donors (Lipinski definition) is 0. The predicted octanol–water partition coefficient (Wildman–Crippen LogP) is 3.58. The van der Waals surface area contributed by atoms with Crippen LogP contribution in [0.25, 0.3) is 0 Å². The second kappa shape index (κ2) is 9.15. The third kappa shape index (κ3) is 7.49. The van der Waals surface area contributed by atoms with Crippen molar-refractivity contribution in [2.45, 2.75) is 48.0 Å². The molecule has 0 N–H and O–H groups in total. The summed E-state index contributed by atoms with van der Waals surface area (Å²) in [5, 5.41) is 0. The van der Waals surface area contributed by atoms with Crippen LogP contribution in [0.1, 0.15) is 48.0 Å². The van der Waals surface area contributed by atoms with E-state index in [1.165, 1.54) is 0 Å². The van der Waals surface area contributed by atoms with Gasteiger partial charge in [-0.25, -0.2) is 4.79 Å². The molecule has 0 aliphatic heterocycles. The molecule has 3 heteroatoms. The highest BCUT2D eigenvalue weighted by molar-refractivity contribution is 5.89. The van der Waals surface area contributed by atoms with Crippen LogP contribution in [0.15, 0.2) is 11.1 Å². The molecule has 0 saturated heterocycles. The third-order valence-electron chi connectivity index (χ3n) is 2.47. The largest absolute Gasteiger partial charge is 0.462 e. The van der Waals surface area contributed by atoms with Gasteiger partial charge in [-0.3, -0.25) is 0 Å². The Kier molecular flexibility index (Phi) is 8.73. The minimum Gasteiger partial charge on any atom is -0.462 e. The quantitative estimate of drug-likeness (QED) is 0.492. The van der Waals surface area contributed by atoms with Crippen molar-refractivity contribution in [1.82, 2.24) is 0 Å². The Morgan fingerprint density at radius 1 is 1.11 bits per heavy atom. The van der Waals surface area contributed by atoms with Crippen molar-refractivity contribution >= 4 is 5.97 Å². The van der Waals surface area contributed by atoms with Crippen molar-refractivity contribution in [3.63, 3.8) is 0 Å². The maximum Gasteiger partial charge on any atom is 0.336 e. The lowest BCUT2D eigenvalue weighted by Gasteiger charge is -2.14. The van der Waals surface area contributed by atoms with Crippen LogP contribution in [-0.4, -0.2) is 25.8 Å². The lowest BCUT2D eigenvalue weighted by atomic mass is 10.00. The van der Waals surface area contributed by atoms with E-state index in [0.717, 1.165) is 12.0 Å². The van der Waals surface area contributed by atoms with Crippen molar-refractivity contribution < 1.29 is 14.3 Å². The van der Waals surface area contributed by atoms with E-state index < -0.39 is 0 Å². The van der Waals surface area contributed by atoms with Gasteiger partial charge in [0.25, 0.3) is 0 Å². The predicted molar refractivity (Wildman–Crippen MR) is 74.4 cm³/mol. The van der Waals surface area contributed by atoms with Gasteiger partial charge in [0.1, 0.15) is 0 Å². The number of ether oxygens (including phenoxy) is 2. The monoisotopic (exact) mass is 256 g/mol. The number of carbonyl (C=O) groups excluding carboxylic acids is 1. The van der Waals surface area contributed by atoms with Crippen molar-refractivity contribution in [3.05, 3.63) is 11.1 Å². The molecule has 0 heterocycles. The number of allylic oxidation sites excluding steroid dienone is 1. The van der Waals surface area contributed by atoms with Crippen LogP contribution < -0.4 is 0 Å². The van der Waals surface area contributed by atoms with Gasteiger partial charge >= 0.3 is 5.97 Å². The van der Waals surface area contributed by atoms with Gasteiger partial charge in [0.05, 0.1) is 18.8 Å². The van der Waals surface area contributed by atoms with Crippen molar-refractivity contribution in [2.24, 2.45) is 11.8 Å². The van der Waals surface area contributed by atoms with Crippen molar-refractivity contribution in [1.29, 1.82) is 0 Å². The van der Waals surface area contributed by atoms with E-state index in [0.29, 0.717) is 37.2 Å². The molecular formula is C15H28O3. The highest BCUT2D eigenvalue weighted by Crippen LogP contribution is 2.16. The van der Waals surface area contributed by atoms with Crippen LogP contribution in [0.3, 0.4) is 0 Å².